The van der Waals surface area contributed by atoms with E-state index in [9.17, 15) is 14.4 Å². The number of benzene rings is 1. The number of ketones is 1. The largest absolute Gasteiger partial charge is 0.444 e. The third-order valence-electron chi connectivity index (χ3n) is 8.03. The molecule has 1 saturated carbocycles. The summed E-state index contributed by atoms with van der Waals surface area (Å²) in [6, 6.07) is 5.38. The molecule has 7 nitrogen and oxygen atoms in total. The molecule has 1 aromatic rings. The summed E-state index contributed by atoms with van der Waals surface area (Å²) >= 11 is 12.5. The molecule has 0 spiro atoms. The van der Waals surface area contributed by atoms with Crippen LogP contribution >= 0.6 is 23.2 Å². The lowest BCUT2D eigenvalue weighted by atomic mass is 9.72. The zero-order chi connectivity index (χ0) is 26.5. The van der Waals surface area contributed by atoms with E-state index in [1.54, 1.807) is 19.2 Å². The minimum Gasteiger partial charge on any atom is -0.444 e. The number of likely N-dealkylation sites (N-methyl/N-ethyl adjacent to an activating group) is 1. The van der Waals surface area contributed by atoms with Crippen LogP contribution in [0.1, 0.15) is 64.9 Å². The van der Waals surface area contributed by atoms with Crippen molar-refractivity contribution in [3.63, 3.8) is 0 Å². The summed E-state index contributed by atoms with van der Waals surface area (Å²) in [6.45, 7) is 9.38. The molecular weight excluding hydrogens is 501 g/mol. The molecule has 1 N–H and O–H groups in total. The van der Waals surface area contributed by atoms with Gasteiger partial charge in [0.05, 0.1) is 10.0 Å². The Balaban J connectivity index is 1.64. The maximum Gasteiger partial charge on any atom is 0.410 e. The van der Waals surface area contributed by atoms with Crippen molar-refractivity contribution in [1.82, 2.24) is 15.1 Å². The molecule has 9 heteroatoms. The Morgan fingerprint density at radius 1 is 1.11 bits per heavy atom. The highest BCUT2D eigenvalue weighted by Crippen LogP contribution is 2.47. The number of amides is 2. The fourth-order valence-electron chi connectivity index (χ4n) is 5.57. The number of nitrogens with zero attached hydrogens (tertiary/aromatic N) is 2. The number of hydrogen-bond donors (Lipinski definition) is 1. The molecule has 3 aliphatic rings. The van der Waals surface area contributed by atoms with E-state index in [2.05, 4.69) is 5.32 Å². The van der Waals surface area contributed by atoms with Gasteiger partial charge in [-0.1, -0.05) is 36.2 Å². The van der Waals surface area contributed by atoms with Crippen LogP contribution in [0, 0.1) is 11.3 Å². The number of carbonyl (C=O) groups excluding carboxylic acids is 3. The molecule has 198 valence electrons. The lowest BCUT2D eigenvalue weighted by Gasteiger charge is -2.45. The minimum absolute atomic E-state index is 0.00154. The maximum atomic E-state index is 14.4. The first-order valence-corrected chi connectivity index (χ1v) is 13.5. The van der Waals surface area contributed by atoms with Gasteiger partial charge in [0, 0.05) is 50.5 Å². The van der Waals surface area contributed by atoms with Gasteiger partial charge >= 0.3 is 6.09 Å². The van der Waals surface area contributed by atoms with Crippen LogP contribution in [0.5, 0.6) is 0 Å². The van der Waals surface area contributed by atoms with Gasteiger partial charge in [-0.3, -0.25) is 14.5 Å². The minimum atomic E-state index is -1.15. The SMILES string of the molecule is CN(C(=O)OC(C)(C)C)[C@@]1(C(=O)C2CCN(C(=O)C3(C)CC3)CC2)CNC[C@@H]1c1ccc(Cl)c(Cl)c1. The van der Waals surface area contributed by atoms with Gasteiger partial charge < -0.3 is 15.0 Å². The summed E-state index contributed by atoms with van der Waals surface area (Å²) in [7, 11) is 1.65. The molecule has 0 bridgehead atoms. The molecule has 2 heterocycles. The molecule has 4 rings (SSSR count). The lowest BCUT2D eigenvalue weighted by molar-refractivity contribution is -0.142. The lowest BCUT2D eigenvalue weighted by Crippen LogP contribution is -2.62. The average Bonchev–Trinajstić information content (AvgIpc) is 3.42. The van der Waals surface area contributed by atoms with Crippen molar-refractivity contribution in [2.75, 3.05) is 33.2 Å². The smallest absolute Gasteiger partial charge is 0.410 e. The molecule has 2 amide bonds. The number of carbonyl (C=O) groups is 3. The van der Waals surface area contributed by atoms with Crippen molar-refractivity contribution in [1.29, 1.82) is 0 Å². The third-order valence-corrected chi connectivity index (χ3v) is 8.77. The molecule has 0 unspecified atom stereocenters. The van der Waals surface area contributed by atoms with Crippen molar-refractivity contribution in [3.8, 4) is 0 Å². The Labute approximate surface area is 223 Å². The number of nitrogens with one attached hydrogen (secondary N) is 1. The summed E-state index contributed by atoms with van der Waals surface area (Å²) in [6.07, 6.45) is 2.49. The summed E-state index contributed by atoms with van der Waals surface area (Å²) in [5, 5.41) is 4.20. The summed E-state index contributed by atoms with van der Waals surface area (Å²) in [5.41, 5.74) is -1.24. The van der Waals surface area contributed by atoms with Crippen LogP contribution in [0.4, 0.5) is 4.79 Å². The first-order valence-electron chi connectivity index (χ1n) is 12.7. The molecular formula is C27H37Cl2N3O4. The number of Topliss-reactive ketones (excluding diaryl/α,β-unsaturated/α-hetero) is 1. The molecule has 3 fully saturated rings. The first kappa shape index (κ1) is 27.2. The number of rotatable bonds is 5. The molecule has 1 aromatic carbocycles. The Morgan fingerprint density at radius 3 is 2.31 bits per heavy atom. The molecule has 2 saturated heterocycles. The Hall–Kier alpha value is -1.83. The predicted molar refractivity (Wildman–Crippen MR) is 140 cm³/mol. The first-order chi connectivity index (χ1) is 16.8. The second-order valence-electron chi connectivity index (χ2n) is 11.8. The van der Waals surface area contributed by atoms with E-state index in [4.69, 9.17) is 27.9 Å². The fourth-order valence-corrected chi connectivity index (χ4v) is 5.88. The van der Waals surface area contributed by atoms with Crippen molar-refractivity contribution in [2.24, 2.45) is 11.3 Å². The molecule has 0 aromatic heterocycles. The maximum absolute atomic E-state index is 14.4. The van der Waals surface area contributed by atoms with Gasteiger partial charge in [0.1, 0.15) is 11.1 Å². The van der Waals surface area contributed by atoms with Gasteiger partial charge in [0.25, 0.3) is 0 Å². The van der Waals surface area contributed by atoms with Crippen LogP contribution in [0.15, 0.2) is 18.2 Å². The average molecular weight is 539 g/mol. The highest BCUT2D eigenvalue weighted by atomic mass is 35.5. The Morgan fingerprint density at radius 2 is 1.75 bits per heavy atom. The number of likely N-dealkylation sites (tertiary alicyclic amines) is 1. The Bertz CT molecular complexity index is 1040. The molecule has 2 atom stereocenters. The number of halogens is 2. The van der Waals surface area contributed by atoms with Gasteiger partial charge in [0.15, 0.2) is 5.78 Å². The highest BCUT2D eigenvalue weighted by molar-refractivity contribution is 6.42. The van der Waals surface area contributed by atoms with Crippen molar-refractivity contribution in [2.45, 2.75) is 70.4 Å². The number of ether oxygens (including phenoxy) is 1. The topological polar surface area (TPSA) is 79.0 Å². The van der Waals surface area contributed by atoms with Gasteiger partial charge in [-0.15, -0.1) is 0 Å². The number of piperidine rings is 1. The van der Waals surface area contributed by atoms with E-state index in [0.29, 0.717) is 49.1 Å². The predicted octanol–water partition coefficient (Wildman–Crippen LogP) is 4.89. The van der Waals surface area contributed by atoms with Crippen molar-refractivity contribution >= 4 is 41.0 Å². The van der Waals surface area contributed by atoms with E-state index >= 15 is 0 Å². The molecule has 1 aliphatic carbocycles. The van der Waals surface area contributed by atoms with E-state index < -0.39 is 17.2 Å². The van der Waals surface area contributed by atoms with Crippen LogP contribution in [0.2, 0.25) is 10.0 Å². The van der Waals surface area contributed by atoms with E-state index in [-0.39, 0.29) is 28.9 Å². The standard InChI is InChI=1S/C27H37Cl2N3O4/c1-25(2,3)36-24(35)31(5)27(16-30-15-19(27)18-6-7-20(28)21(29)14-18)22(33)17-8-12-32(13-9-17)23(34)26(4)10-11-26/h6-7,14,17,19,30H,8-13,15-16H2,1-5H3/t19-,27+/m1/s1. The van der Waals surface area contributed by atoms with E-state index in [1.807, 2.05) is 38.7 Å². The second-order valence-corrected chi connectivity index (χ2v) is 12.6. The van der Waals surface area contributed by atoms with Gasteiger partial charge in [0.2, 0.25) is 5.91 Å². The molecule has 36 heavy (non-hydrogen) atoms. The van der Waals surface area contributed by atoms with Gasteiger partial charge in [-0.25, -0.2) is 4.79 Å². The quantitative estimate of drug-likeness (QED) is 0.578. The summed E-state index contributed by atoms with van der Waals surface area (Å²) in [5.74, 6) is -0.398. The zero-order valence-corrected chi connectivity index (χ0v) is 23.3. The monoisotopic (exact) mass is 537 g/mol. The van der Waals surface area contributed by atoms with Gasteiger partial charge in [-0.2, -0.15) is 0 Å². The molecule has 2 aliphatic heterocycles. The van der Waals surface area contributed by atoms with Crippen LogP contribution < -0.4 is 5.32 Å². The summed E-state index contributed by atoms with van der Waals surface area (Å²) in [4.78, 5) is 44.0. The highest BCUT2D eigenvalue weighted by Gasteiger charge is 2.57. The molecule has 0 radical (unpaired) electrons. The van der Waals surface area contributed by atoms with Crippen LogP contribution in [0.3, 0.4) is 0 Å². The fraction of sp³-hybridized carbons (Fsp3) is 0.667. The Kier molecular flexibility index (Phi) is 7.41. The number of hydrogen-bond acceptors (Lipinski definition) is 5. The van der Waals surface area contributed by atoms with Crippen LogP contribution in [-0.2, 0) is 14.3 Å². The third kappa shape index (κ3) is 5.11. The van der Waals surface area contributed by atoms with Crippen LogP contribution in [0.25, 0.3) is 0 Å². The zero-order valence-electron chi connectivity index (χ0n) is 21.8. The second kappa shape index (κ2) is 9.80. The van der Waals surface area contributed by atoms with Crippen LogP contribution in [-0.4, -0.2) is 72.0 Å². The van der Waals surface area contributed by atoms with Gasteiger partial charge in [-0.05, 0) is 64.2 Å². The van der Waals surface area contributed by atoms with E-state index in [1.165, 1.54) is 4.90 Å². The summed E-state index contributed by atoms with van der Waals surface area (Å²) < 4.78 is 5.70. The normalized spacial score (nSPS) is 26.0. The van der Waals surface area contributed by atoms with E-state index in [0.717, 1.165) is 18.4 Å². The van der Waals surface area contributed by atoms with Crippen molar-refractivity contribution < 1.29 is 19.1 Å². The van der Waals surface area contributed by atoms with Crippen molar-refractivity contribution in [3.05, 3.63) is 33.8 Å².